The van der Waals surface area contributed by atoms with Crippen molar-refractivity contribution in [2.24, 2.45) is 4.99 Å². The molecular weight excluding hydrogens is 188 g/mol. The summed E-state index contributed by atoms with van der Waals surface area (Å²) in [6, 6.07) is 2.33. The smallest absolute Gasteiger partial charge is 0.133 e. The van der Waals surface area contributed by atoms with E-state index < -0.39 is 0 Å². The van der Waals surface area contributed by atoms with Crippen molar-refractivity contribution in [1.29, 1.82) is 0 Å². The molecule has 2 aliphatic rings. The van der Waals surface area contributed by atoms with Gasteiger partial charge in [0, 0.05) is 18.4 Å². The van der Waals surface area contributed by atoms with Gasteiger partial charge in [-0.25, -0.2) is 4.99 Å². The van der Waals surface area contributed by atoms with Crippen LogP contribution in [0.15, 0.2) is 22.8 Å². The van der Waals surface area contributed by atoms with Crippen molar-refractivity contribution in [2.45, 2.75) is 19.9 Å². The Morgan fingerprint density at radius 2 is 2.20 bits per heavy atom. The fourth-order valence-corrected chi connectivity index (χ4v) is 2.21. The molecule has 1 aromatic heterocycles. The van der Waals surface area contributed by atoms with E-state index in [4.69, 9.17) is 0 Å². The van der Waals surface area contributed by atoms with E-state index in [-0.39, 0.29) is 6.04 Å². The van der Waals surface area contributed by atoms with Crippen LogP contribution in [-0.2, 0) is 0 Å². The van der Waals surface area contributed by atoms with Gasteiger partial charge in [-0.2, -0.15) is 0 Å². The number of nitrogens with one attached hydrogen (secondary N) is 2. The van der Waals surface area contributed by atoms with Gasteiger partial charge >= 0.3 is 0 Å². The fraction of sp³-hybridized carbons (Fsp3) is 0.364. The Morgan fingerprint density at radius 1 is 1.40 bits per heavy atom. The summed E-state index contributed by atoms with van der Waals surface area (Å²) >= 11 is 0. The van der Waals surface area contributed by atoms with Crippen molar-refractivity contribution in [2.75, 3.05) is 11.9 Å². The van der Waals surface area contributed by atoms with Gasteiger partial charge in [-0.1, -0.05) is 0 Å². The van der Waals surface area contributed by atoms with Crippen LogP contribution in [0.3, 0.4) is 0 Å². The topological polar surface area (TPSA) is 43.4 Å². The number of hydrogen-bond acceptors (Lipinski definition) is 3. The lowest BCUT2D eigenvalue weighted by molar-refractivity contribution is 0.893. The second-order valence-corrected chi connectivity index (χ2v) is 4.21. The van der Waals surface area contributed by atoms with Gasteiger partial charge in [0.25, 0.3) is 0 Å². The number of nitrogens with zero attached hydrogens (tertiary/aromatic N) is 2. The number of allylic oxidation sites excluding steroid dienone is 1. The molecule has 0 amide bonds. The van der Waals surface area contributed by atoms with Gasteiger partial charge in [-0.15, -0.1) is 0 Å². The lowest BCUT2D eigenvalue weighted by Crippen LogP contribution is -2.41. The number of likely N-dealkylation sites (N-methyl/N-ethyl adjacent to an activating group) is 1. The predicted octanol–water partition coefficient (Wildman–Crippen LogP) is 1.68. The molecule has 2 aliphatic heterocycles. The lowest BCUT2D eigenvalue weighted by Gasteiger charge is -2.28. The molecule has 0 bridgehead atoms. The van der Waals surface area contributed by atoms with Crippen LogP contribution in [0.2, 0.25) is 0 Å². The molecule has 0 saturated carbocycles. The van der Waals surface area contributed by atoms with E-state index in [0.29, 0.717) is 0 Å². The maximum absolute atomic E-state index is 4.61. The van der Waals surface area contributed by atoms with Gasteiger partial charge in [-0.05, 0) is 26.0 Å². The minimum Gasteiger partial charge on any atom is -0.346 e. The Morgan fingerprint density at radius 3 is 3.00 bits per heavy atom. The molecule has 0 saturated heterocycles. The van der Waals surface area contributed by atoms with Crippen molar-refractivity contribution in [1.82, 2.24) is 10.3 Å². The quantitative estimate of drug-likeness (QED) is 0.672. The highest BCUT2D eigenvalue weighted by Crippen LogP contribution is 2.35. The summed E-state index contributed by atoms with van der Waals surface area (Å²) in [5.41, 5.74) is 3.35. The molecule has 3 rings (SSSR count). The summed E-state index contributed by atoms with van der Waals surface area (Å²) < 4.78 is 0. The summed E-state index contributed by atoms with van der Waals surface area (Å²) in [7, 11) is 2.09. The number of anilines is 1. The summed E-state index contributed by atoms with van der Waals surface area (Å²) in [6.45, 7) is 4.12. The largest absolute Gasteiger partial charge is 0.346 e. The van der Waals surface area contributed by atoms with Gasteiger partial charge in [0.15, 0.2) is 0 Å². The number of rotatable bonds is 0. The molecule has 0 spiro atoms. The number of fused-ring (bicyclic) bond motifs is 2. The molecular formula is C11H14N4. The van der Waals surface area contributed by atoms with E-state index in [1.807, 2.05) is 0 Å². The molecule has 0 radical (unpaired) electrons. The van der Waals surface area contributed by atoms with Crippen LogP contribution in [0.1, 0.15) is 12.6 Å². The van der Waals surface area contributed by atoms with Crippen LogP contribution in [-0.4, -0.2) is 23.9 Å². The SMILES string of the molecule is CC1=CC2C(=Nc3cc(C)[nH]c3N2C)N1. The number of H-pyrrole nitrogens is 1. The molecule has 4 nitrogen and oxygen atoms in total. The molecule has 1 atom stereocenters. The Hall–Kier alpha value is -1.71. The van der Waals surface area contributed by atoms with Gasteiger partial charge in [0.2, 0.25) is 0 Å². The van der Waals surface area contributed by atoms with Crippen LogP contribution in [0.4, 0.5) is 11.5 Å². The van der Waals surface area contributed by atoms with Crippen molar-refractivity contribution in [3.63, 3.8) is 0 Å². The molecule has 4 heteroatoms. The minimum atomic E-state index is 0.260. The second kappa shape index (κ2) is 2.66. The first kappa shape index (κ1) is 8.59. The zero-order valence-corrected chi connectivity index (χ0v) is 9.13. The highest BCUT2D eigenvalue weighted by atomic mass is 15.3. The third-order valence-corrected chi connectivity index (χ3v) is 2.94. The summed E-state index contributed by atoms with van der Waals surface area (Å²) in [6.07, 6.45) is 2.19. The number of aryl methyl sites for hydroxylation is 1. The third-order valence-electron chi connectivity index (χ3n) is 2.94. The highest BCUT2D eigenvalue weighted by molar-refractivity contribution is 6.01. The van der Waals surface area contributed by atoms with Crippen molar-refractivity contribution in [3.8, 4) is 0 Å². The Kier molecular flexibility index (Phi) is 1.52. The third kappa shape index (κ3) is 1.11. The van der Waals surface area contributed by atoms with Crippen LogP contribution >= 0.6 is 0 Å². The molecule has 78 valence electrons. The average molecular weight is 202 g/mol. The van der Waals surface area contributed by atoms with Crippen LogP contribution in [0.5, 0.6) is 0 Å². The number of hydrogen-bond donors (Lipinski definition) is 2. The zero-order valence-electron chi connectivity index (χ0n) is 9.13. The highest BCUT2D eigenvalue weighted by Gasteiger charge is 2.31. The molecule has 1 unspecified atom stereocenters. The molecule has 15 heavy (non-hydrogen) atoms. The summed E-state index contributed by atoms with van der Waals surface area (Å²) in [5, 5.41) is 3.29. The minimum absolute atomic E-state index is 0.260. The number of aromatic nitrogens is 1. The number of aromatic amines is 1. The second-order valence-electron chi connectivity index (χ2n) is 4.21. The molecule has 3 heterocycles. The van der Waals surface area contributed by atoms with E-state index in [1.54, 1.807) is 0 Å². The first-order valence-electron chi connectivity index (χ1n) is 5.11. The van der Waals surface area contributed by atoms with Gasteiger partial charge < -0.3 is 15.2 Å². The van der Waals surface area contributed by atoms with Crippen LogP contribution in [0, 0.1) is 6.92 Å². The van der Waals surface area contributed by atoms with Gasteiger partial charge in [-0.3, -0.25) is 0 Å². The lowest BCUT2D eigenvalue weighted by atomic mass is 10.2. The standard InChI is InChI=1S/C11H14N4/c1-6-4-8-11(13-6)15(3)9-5-7(2)12-10(9)14-8/h4-5,9,13H,1-3H3,(H,12,14). The Labute approximate surface area is 88.7 Å². The van der Waals surface area contributed by atoms with E-state index in [0.717, 1.165) is 23.0 Å². The predicted molar refractivity (Wildman–Crippen MR) is 61.7 cm³/mol. The van der Waals surface area contributed by atoms with Gasteiger partial charge in [0.05, 0.1) is 0 Å². The molecule has 0 fully saturated rings. The van der Waals surface area contributed by atoms with Gasteiger partial charge in [0.1, 0.15) is 23.4 Å². The summed E-state index contributed by atoms with van der Waals surface area (Å²) in [5.74, 6) is 2.13. The van der Waals surface area contributed by atoms with Crippen molar-refractivity contribution < 1.29 is 0 Å². The molecule has 1 aromatic rings. The molecule has 0 aliphatic carbocycles. The molecule has 0 aromatic carbocycles. The summed E-state index contributed by atoms with van der Waals surface area (Å²) in [4.78, 5) is 10.2. The van der Waals surface area contributed by atoms with Crippen LogP contribution in [0.25, 0.3) is 0 Å². The number of amidine groups is 1. The molecule has 2 N–H and O–H groups in total. The normalized spacial score (nSPS) is 22.9. The first-order chi connectivity index (χ1) is 7.15. The zero-order chi connectivity index (χ0) is 10.6. The Balaban J connectivity index is 2.13. The van der Waals surface area contributed by atoms with Crippen molar-refractivity contribution >= 4 is 17.3 Å². The van der Waals surface area contributed by atoms with E-state index in [2.05, 4.69) is 53.2 Å². The van der Waals surface area contributed by atoms with E-state index in [1.165, 1.54) is 5.70 Å². The van der Waals surface area contributed by atoms with E-state index >= 15 is 0 Å². The first-order valence-corrected chi connectivity index (χ1v) is 5.11. The van der Waals surface area contributed by atoms with Crippen molar-refractivity contribution in [3.05, 3.63) is 23.5 Å². The fourth-order valence-electron chi connectivity index (χ4n) is 2.21. The average Bonchev–Trinajstić information content (AvgIpc) is 2.69. The maximum atomic E-state index is 4.61. The van der Waals surface area contributed by atoms with E-state index in [9.17, 15) is 0 Å². The number of aliphatic imine (C=N–C) groups is 1. The maximum Gasteiger partial charge on any atom is 0.133 e. The Bertz CT molecular complexity index is 481. The van der Waals surface area contributed by atoms with Crippen LogP contribution < -0.4 is 10.2 Å². The monoisotopic (exact) mass is 202 g/mol.